The molecule has 1 aliphatic heterocycles. The first-order valence-corrected chi connectivity index (χ1v) is 21.1. The lowest BCUT2D eigenvalue weighted by molar-refractivity contribution is -0.275. The number of hydrogen-bond acceptors (Lipinski definition) is 16. The zero-order chi connectivity index (χ0) is 45.4. The van der Waals surface area contributed by atoms with Crippen LogP contribution in [0.1, 0.15) is 5.56 Å². The highest BCUT2D eigenvalue weighted by Crippen LogP contribution is 2.43. The van der Waals surface area contributed by atoms with Gasteiger partial charge >= 0.3 is 12.7 Å². The first-order valence-electron chi connectivity index (χ1n) is 19.5. The summed E-state index contributed by atoms with van der Waals surface area (Å²) in [6.07, 6.45) is 5.75. The Labute approximate surface area is 376 Å². The maximum absolute atomic E-state index is 13.4. The number of allylic oxidation sites excluding steroid dienone is 3. The molecule has 0 saturated carbocycles. The van der Waals surface area contributed by atoms with Crippen LogP contribution in [-0.2, 0) is 13.1 Å². The molecule has 2 aliphatic rings. The summed E-state index contributed by atoms with van der Waals surface area (Å²) in [4.78, 5) is 17.4. The first-order chi connectivity index (χ1) is 31.8. The van der Waals surface area contributed by atoms with Crippen molar-refractivity contribution in [2.75, 3.05) is 15.0 Å². The standard InChI is InChI=1S/C42H28F6N14O2S2/c43-41(44,45)63-29-5-3-28(4-6-29)55-39-14-34(49-22-51-39)26-16-54-61(20-26)19-25-2-9-33-38(12-25)66-62(58-33)36-13-30(64-42(46,47)48)7-10-31(36)56-40-15-35(50-23-52-40)27-17-53-60(21-27)18-24-1-8-32-37(11-24)65-59-57-32/h1-17,20-23,38H,18-19H2,(H,49,51,55)(H,50,52,56). The molecule has 332 valence electrons. The Hall–Kier alpha value is -7.86. The topological polar surface area (TPSA) is 171 Å². The van der Waals surface area contributed by atoms with E-state index in [9.17, 15) is 26.3 Å². The van der Waals surface area contributed by atoms with Crippen LogP contribution in [0.25, 0.3) is 32.7 Å². The fraction of sp³-hybridized carbons (Fsp3) is 0.119. The minimum atomic E-state index is -4.92. The molecule has 0 amide bonds. The van der Waals surface area contributed by atoms with Gasteiger partial charge in [0.05, 0.1) is 63.9 Å². The van der Waals surface area contributed by atoms with E-state index < -0.39 is 18.5 Å². The zero-order valence-corrected chi connectivity index (χ0v) is 35.0. The normalized spacial score (nSPS) is 14.8. The third-order valence-corrected chi connectivity index (χ3v) is 11.5. The van der Waals surface area contributed by atoms with E-state index in [-0.39, 0.29) is 16.7 Å². The Morgan fingerprint density at radius 2 is 1.35 bits per heavy atom. The van der Waals surface area contributed by atoms with E-state index >= 15 is 0 Å². The van der Waals surface area contributed by atoms with E-state index in [4.69, 9.17) is 5.10 Å². The average molecular weight is 939 g/mol. The average Bonchev–Trinajstić information content (AvgIpc) is 4.12. The third-order valence-electron chi connectivity index (χ3n) is 9.77. The molecule has 0 fully saturated rings. The van der Waals surface area contributed by atoms with Crippen molar-refractivity contribution in [1.82, 2.24) is 49.1 Å². The van der Waals surface area contributed by atoms with Crippen LogP contribution in [0.3, 0.4) is 0 Å². The third kappa shape index (κ3) is 9.93. The molecular weight excluding hydrogens is 911 g/mol. The summed E-state index contributed by atoms with van der Waals surface area (Å²) in [6.45, 7) is 0.885. The van der Waals surface area contributed by atoms with Crippen LogP contribution in [-0.4, -0.2) is 72.8 Å². The van der Waals surface area contributed by atoms with Gasteiger partial charge < -0.3 is 20.1 Å². The maximum atomic E-state index is 13.4. The van der Waals surface area contributed by atoms with Crippen molar-refractivity contribution in [1.29, 1.82) is 0 Å². The SMILES string of the molecule is FC(F)(F)Oc1ccc(Nc2cc(-c3cnn(CC4=CC5SN(c6cc(OC(F)(F)F)ccc6Nc6cc(-c7cnn(Cc8ccc9nnsc9c8)c7)ncn6)N=C5C=C4)c3)ncn2)cc1. The fourth-order valence-electron chi connectivity index (χ4n) is 6.87. The van der Waals surface area contributed by atoms with Crippen molar-refractivity contribution in [3.63, 3.8) is 0 Å². The summed E-state index contributed by atoms with van der Waals surface area (Å²) >= 11 is 2.61. The van der Waals surface area contributed by atoms with Crippen LogP contribution < -0.4 is 24.5 Å². The molecule has 0 bridgehead atoms. The Balaban J connectivity index is 0.819. The molecule has 1 aliphatic carbocycles. The van der Waals surface area contributed by atoms with Crippen molar-refractivity contribution in [2.45, 2.75) is 31.1 Å². The van der Waals surface area contributed by atoms with E-state index in [2.05, 4.69) is 59.8 Å². The summed E-state index contributed by atoms with van der Waals surface area (Å²) in [6, 6.07) is 18.5. The molecule has 16 nitrogen and oxygen atoms in total. The molecule has 24 heteroatoms. The van der Waals surface area contributed by atoms with Crippen molar-refractivity contribution >= 4 is 68.1 Å². The van der Waals surface area contributed by atoms with Gasteiger partial charge in [0.25, 0.3) is 0 Å². The van der Waals surface area contributed by atoms with Crippen LogP contribution in [0.4, 0.5) is 55.0 Å². The minimum Gasteiger partial charge on any atom is -0.406 e. The zero-order valence-electron chi connectivity index (χ0n) is 33.4. The summed E-state index contributed by atoms with van der Waals surface area (Å²) < 4.78 is 96.1. The van der Waals surface area contributed by atoms with Gasteiger partial charge in [-0.3, -0.25) is 9.36 Å². The number of fused-ring (bicyclic) bond motifs is 2. The summed E-state index contributed by atoms with van der Waals surface area (Å²) in [5, 5.41) is 23.8. The second kappa shape index (κ2) is 17.3. The van der Waals surface area contributed by atoms with Crippen molar-refractivity contribution in [3.8, 4) is 34.0 Å². The van der Waals surface area contributed by atoms with Crippen molar-refractivity contribution in [2.24, 2.45) is 5.10 Å². The second-order valence-corrected chi connectivity index (χ2v) is 16.3. The molecule has 3 aromatic carbocycles. The van der Waals surface area contributed by atoms with Gasteiger partial charge in [0.15, 0.2) is 0 Å². The molecule has 6 heterocycles. The van der Waals surface area contributed by atoms with Crippen LogP contribution in [0.5, 0.6) is 11.5 Å². The predicted molar refractivity (Wildman–Crippen MR) is 234 cm³/mol. The van der Waals surface area contributed by atoms with Gasteiger partial charge in [0, 0.05) is 47.4 Å². The van der Waals surface area contributed by atoms with Crippen molar-refractivity contribution in [3.05, 3.63) is 140 Å². The summed E-state index contributed by atoms with van der Waals surface area (Å²) in [5.74, 6) is -0.000881. The van der Waals surface area contributed by atoms with E-state index in [1.54, 1.807) is 44.5 Å². The van der Waals surface area contributed by atoms with Gasteiger partial charge in [-0.1, -0.05) is 22.7 Å². The Bertz CT molecular complexity index is 3170. The molecular formula is C42H28F6N14O2S2. The van der Waals surface area contributed by atoms with Gasteiger partial charge in [-0.15, -0.1) is 31.4 Å². The molecule has 0 spiro atoms. The van der Waals surface area contributed by atoms with Crippen LogP contribution in [0.2, 0.25) is 0 Å². The van der Waals surface area contributed by atoms with Crippen LogP contribution in [0.15, 0.2) is 139 Å². The minimum absolute atomic E-state index is 0.285. The van der Waals surface area contributed by atoms with Crippen LogP contribution >= 0.6 is 23.5 Å². The smallest absolute Gasteiger partial charge is 0.406 e. The van der Waals surface area contributed by atoms with Gasteiger partial charge in [0.1, 0.15) is 41.3 Å². The molecule has 5 aromatic heterocycles. The largest absolute Gasteiger partial charge is 0.573 e. The number of hydrogen-bond donors (Lipinski definition) is 2. The molecule has 66 heavy (non-hydrogen) atoms. The number of alkyl halides is 6. The Kier molecular flexibility index (Phi) is 11.0. The lowest BCUT2D eigenvalue weighted by Crippen LogP contribution is -2.17. The quantitative estimate of drug-likeness (QED) is 0.0827. The van der Waals surface area contributed by atoms with Gasteiger partial charge in [0.2, 0.25) is 0 Å². The Morgan fingerprint density at radius 3 is 2.06 bits per heavy atom. The molecule has 10 rings (SSSR count). The second-order valence-electron chi connectivity index (χ2n) is 14.5. The number of halogens is 6. The van der Waals surface area contributed by atoms with Gasteiger partial charge in [-0.25, -0.2) is 24.4 Å². The van der Waals surface area contributed by atoms with E-state index in [1.165, 1.54) is 78.6 Å². The number of rotatable bonds is 13. The molecule has 2 N–H and O–H groups in total. The number of benzene rings is 3. The van der Waals surface area contributed by atoms with Crippen LogP contribution in [0, 0.1) is 0 Å². The van der Waals surface area contributed by atoms with E-state index in [0.717, 1.165) is 26.9 Å². The highest BCUT2D eigenvalue weighted by Gasteiger charge is 2.34. The molecule has 0 radical (unpaired) electrons. The number of anilines is 5. The summed E-state index contributed by atoms with van der Waals surface area (Å²) in [7, 11) is 0. The maximum Gasteiger partial charge on any atom is 0.573 e. The highest BCUT2D eigenvalue weighted by molar-refractivity contribution is 8.02. The number of ether oxygens (including phenoxy) is 2. The lowest BCUT2D eigenvalue weighted by atomic mass is 10.1. The van der Waals surface area contributed by atoms with Gasteiger partial charge in [-0.05, 0) is 89.2 Å². The number of nitrogens with zero attached hydrogens (tertiary/aromatic N) is 12. The number of nitrogens with one attached hydrogen (secondary N) is 2. The first kappa shape index (κ1) is 42.1. The van der Waals surface area contributed by atoms with E-state index in [1.807, 2.05) is 42.6 Å². The predicted octanol–water partition coefficient (Wildman–Crippen LogP) is 9.72. The summed E-state index contributed by atoms with van der Waals surface area (Å²) in [5.41, 5.74) is 7.13. The molecule has 1 unspecified atom stereocenters. The van der Waals surface area contributed by atoms with Crippen molar-refractivity contribution < 1.29 is 35.8 Å². The number of hydrazone groups is 1. The monoisotopic (exact) mass is 938 g/mol. The van der Waals surface area contributed by atoms with Gasteiger partial charge in [-0.2, -0.15) is 15.3 Å². The highest BCUT2D eigenvalue weighted by atomic mass is 32.2. The fourth-order valence-corrected chi connectivity index (χ4v) is 8.59. The molecule has 1 atom stereocenters. The number of aromatic nitrogens is 10. The van der Waals surface area contributed by atoms with E-state index in [0.29, 0.717) is 58.8 Å². The Morgan fingerprint density at radius 1 is 0.682 bits per heavy atom. The molecule has 0 saturated heterocycles. The molecule has 8 aromatic rings. The lowest BCUT2D eigenvalue weighted by Gasteiger charge is -2.20.